The van der Waals surface area contributed by atoms with Crippen LogP contribution in [0.5, 0.6) is 23.0 Å². The van der Waals surface area contributed by atoms with E-state index in [9.17, 15) is 10.2 Å². The maximum Gasteiger partial charge on any atom is 0.200 e. The minimum absolute atomic E-state index is 0.215. The molecule has 5 heteroatoms. The number of phenols is 2. The second-order valence-electron chi connectivity index (χ2n) is 4.87. The summed E-state index contributed by atoms with van der Waals surface area (Å²) in [7, 11) is 4.66. The van der Waals surface area contributed by atoms with Gasteiger partial charge in [0.2, 0.25) is 5.75 Å². The fraction of sp³-hybridized carbons (Fsp3) is 0.294. The number of ether oxygens (including phenoxy) is 3. The Kier molecular flexibility index (Phi) is 5.12. The summed E-state index contributed by atoms with van der Waals surface area (Å²) in [4.78, 5) is 0. The molecule has 1 atom stereocenters. The molecule has 2 aromatic carbocycles. The minimum atomic E-state index is -0.273. The highest BCUT2D eigenvalue weighted by Gasteiger charge is 2.17. The summed E-state index contributed by atoms with van der Waals surface area (Å²) in [5.41, 5.74) is 1.80. The predicted molar refractivity (Wildman–Crippen MR) is 82.8 cm³/mol. The van der Waals surface area contributed by atoms with E-state index in [1.165, 1.54) is 13.2 Å². The van der Waals surface area contributed by atoms with Gasteiger partial charge in [-0.2, -0.15) is 0 Å². The second kappa shape index (κ2) is 7.04. The summed E-state index contributed by atoms with van der Waals surface area (Å²) in [6, 6.07) is 10.8. The van der Waals surface area contributed by atoms with E-state index in [0.29, 0.717) is 6.42 Å². The van der Waals surface area contributed by atoms with Crippen molar-refractivity contribution in [3.8, 4) is 23.0 Å². The molecule has 0 saturated carbocycles. The van der Waals surface area contributed by atoms with Crippen molar-refractivity contribution >= 4 is 0 Å². The highest BCUT2D eigenvalue weighted by Crippen LogP contribution is 2.39. The minimum Gasteiger partial charge on any atom is -0.504 e. The Balaban J connectivity index is 2.25. The smallest absolute Gasteiger partial charge is 0.200 e. The third-order valence-corrected chi connectivity index (χ3v) is 3.53. The molecule has 0 bridgehead atoms. The van der Waals surface area contributed by atoms with Crippen molar-refractivity contribution in [2.75, 3.05) is 21.3 Å². The first-order valence-electron chi connectivity index (χ1n) is 6.84. The lowest BCUT2D eigenvalue weighted by Gasteiger charge is -2.18. The van der Waals surface area contributed by atoms with E-state index >= 15 is 0 Å². The van der Waals surface area contributed by atoms with Crippen LogP contribution >= 0.6 is 0 Å². The molecule has 5 nitrogen and oxygen atoms in total. The van der Waals surface area contributed by atoms with Crippen molar-refractivity contribution in [2.45, 2.75) is 12.5 Å². The van der Waals surface area contributed by atoms with Gasteiger partial charge in [-0.1, -0.05) is 12.1 Å². The van der Waals surface area contributed by atoms with Crippen molar-refractivity contribution in [3.05, 3.63) is 47.5 Å². The van der Waals surface area contributed by atoms with E-state index < -0.39 is 0 Å². The number of methoxy groups -OCH3 is 3. The summed E-state index contributed by atoms with van der Waals surface area (Å²) >= 11 is 0. The van der Waals surface area contributed by atoms with Crippen LogP contribution in [0.4, 0.5) is 0 Å². The zero-order chi connectivity index (χ0) is 16.1. The summed E-state index contributed by atoms with van der Waals surface area (Å²) in [6.45, 7) is 0. The maximum absolute atomic E-state index is 9.79. The van der Waals surface area contributed by atoms with Crippen molar-refractivity contribution in [1.82, 2.24) is 0 Å². The van der Waals surface area contributed by atoms with Gasteiger partial charge in [0.15, 0.2) is 11.5 Å². The zero-order valence-corrected chi connectivity index (χ0v) is 12.9. The van der Waals surface area contributed by atoms with Crippen LogP contribution in [-0.4, -0.2) is 31.5 Å². The zero-order valence-electron chi connectivity index (χ0n) is 12.9. The Bertz CT molecular complexity index is 622. The first-order chi connectivity index (χ1) is 10.6. The van der Waals surface area contributed by atoms with Gasteiger partial charge < -0.3 is 24.4 Å². The molecular weight excluding hydrogens is 284 g/mol. The van der Waals surface area contributed by atoms with Gasteiger partial charge in [0.25, 0.3) is 0 Å². The van der Waals surface area contributed by atoms with E-state index in [1.54, 1.807) is 20.3 Å². The van der Waals surface area contributed by atoms with Crippen LogP contribution in [0.1, 0.15) is 17.2 Å². The van der Waals surface area contributed by atoms with Crippen molar-refractivity contribution in [3.63, 3.8) is 0 Å². The van der Waals surface area contributed by atoms with Crippen molar-refractivity contribution < 1.29 is 24.4 Å². The van der Waals surface area contributed by atoms with E-state index in [0.717, 1.165) is 16.9 Å². The average Bonchev–Trinajstić information content (AvgIpc) is 2.55. The molecular formula is C17H20O5. The Morgan fingerprint density at radius 1 is 0.955 bits per heavy atom. The highest BCUT2D eigenvalue weighted by molar-refractivity contribution is 5.52. The summed E-state index contributed by atoms with van der Waals surface area (Å²) in [5.74, 6) is 0.505. The lowest BCUT2D eigenvalue weighted by molar-refractivity contribution is 0.103. The van der Waals surface area contributed by atoms with Gasteiger partial charge in [0.1, 0.15) is 5.75 Å². The number of hydrogen-bond acceptors (Lipinski definition) is 5. The summed E-state index contributed by atoms with van der Waals surface area (Å²) < 4.78 is 15.7. The molecule has 0 heterocycles. The quantitative estimate of drug-likeness (QED) is 0.803. The van der Waals surface area contributed by atoms with Crippen LogP contribution in [0.15, 0.2) is 36.4 Å². The third kappa shape index (κ3) is 3.43. The molecule has 0 fully saturated rings. The summed E-state index contributed by atoms with van der Waals surface area (Å²) in [5, 5.41) is 19.5. The number of phenolic OH excluding ortho intramolecular Hbond substituents is 2. The van der Waals surface area contributed by atoms with Gasteiger partial charge in [-0.25, -0.2) is 0 Å². The number of benzene rings is 2. The average molecular weight is 304 g/mol. The molecule has 22 heavy (non-hydrogen) atoms. The summed E-state index contributed by atoms with van der Waals surface area (Å²) in [6.07, 6.45) is 0.349. The Labute approximate surface area is 129 Å². The Morgan fingerprint density at radius 3 is 2.18 bits per heavy atom. The van der Waals surface area contributed by atoms with Crippen LogP contribution < -0.4 is 9.47 Å². The van der Waals surface area contributed by atoms with Gasteiger partial charge in [-0.3, -0.25) is 0 Å². The number of aromatic hydroxyl groups is 2. The predicted octanol–water partition coefficient (Wildman–Crippen LogP) is 3.05. The third-order valence-electron chi connectivity index (χ3n) is 3.53. The SMILES string of the molecule is COc1ccc(CC(OC)c2cc(O)c(O)c(OC)c2)cc1. The Hall–Kier alpha value is -2.40. The molecule has 0 aliphatic heterocycles. The molecule has 0 aromatic heterocycles. The maximum atomic E-state index is 9.79. The molecule has 118 valence electrons. The first-order valence-corrected chi connectivity index (χ1v) is 6.84. The van der Waals surface area contributed by atoms with Crippen molar-refractivity contribution in [2.24, 2.45) is 0 Å². The number of hydrogen-bond donors (Lipinski definition) is 2. The normalized spacial score (nSPS) is 12.0. The topological polar surface area (TPSA) is 68.2 Å². The fourth-order valence-corrected chi connectivity index (χ4v) is 2.27. The lowest BCUT2D eigenvalue weighted by atomic mass is 10.0. The fourth-order valence-electron chi connectivity index (χ4n) is 2.27. The molecule has 0 spiro atoms. The van der Waals surface area contributed by atoms with Crippen LogP contribution in [0.25, 0.3) is 0 Å². The molecule has 2 rings (SSSR count). The van der Waals surface area contributed by atoms with Crippen molar-refractivity contribution in [1.29, 1.82) is 0 Å². The molecule has 0 aliphatic carbocycles. The van der Waals surface area contributed by atoms with E-state index in [4.69, 9.17) is 14.2 Å². The van der Waals surface area contributed by atoms with Crippen LogP contribution in [-0.2, 0) is 11.2 Å². The standard InChI is InChI=1S/C17H20O5/c1-20-13-6-4-11(5-7-13)8-15(21-2)12-9-14(18)17(19)16(10-12)22-3/h4-7,9-10,15,18-19H,8H2,1-3H3. The molecule has 0 saturated heterocycles. The largest absolute Gasteiger partial charge is 0.504 e. The lowest BCUT2D eigenvalue weighted by Crippen LogP contribution is -2.06. The van der Waals surface area contributed by atoms with E-state index in [2.05, 4.69) is 0 Å². The molecule has 0 radical (unpaired) electrons. The monoisotopic (exact) mass is 304 g/mol. The number of rotatable bonds is 6. The van der Waals surface area contributed by atoms with E-state index in [1.807, 2.05) is 24.3 Å². The molecule has 1 unspecified atom stereocenters. The first kappa shape index (κ1) is 16.0. The Morgan fingerprint density at radius 2 is 1.64 bits per heavy atom. The van der Waals surface area contributed by atoms with Crippen LogP contribution in [0, 0.1) is 0 Å². The second-order valence-corrected chi connectivity index (χ2v) is 4.87. The molecule has 0 amide bonds. The molecule has 0 aliphatic rings. The van der Waals surface area contributed by atoms with Crippen LogP contribution in [0.2, 0.25) is 0 Å². The van der Waals surface area contributed by atoms with Gasteiger partial charge in [-0.15, -0.1) is 0 Å². The molecule has 2 aromatic rings. The van der Waals surface area contributed by atoms with Gasteiger partial charge in [0.05, 0.1) is 20.3 Å². The van der Waals surface area contributed by atoms with E-state index in [-0.39, 0.29) is 23.4 Å². The van der Waals surface area contributed by atoms with Crippen LogP contribution in [0.3, 0.4) is 0 Å². The van der Waals surface area contributed by atoms with Gasteiger partial charge in [-0.05, 0) is 35.4 Å². The van der Waals surface area contributed by atoms with Gasteiger partial charge >= 0.3 is 0 Å². The molecule has 2 N–H and O–H groups in total. The highest BCUT2D eigenvalue weighted by atomic mass is 16.5. The van der Waals surface area contributed by atoms with Gasteiger partial charge in [0, 0.05) is 13.5 Å².